The summed E-state index contributed by atoms with van der Waals surface area (Å²) in [6.45, 7) is 7.04. The molecule has 3 aromatic rings. The highest BCUT2D eigenvalue weighted by Gasteiger charge is 2.33. The quantitative estimate of drug-likeness (QED) is 0.586. The SMILES string of the molecule is Cc1ccnc(N2CCC(c3nnc4n3-c3ccc(Cl)cc3CN([C@@H]3CCOC3)C4)CC2)n1. The van der Waals surface area contributed by atoms with Crippen molar-refractivity contribution in [2.24, 2.45) is 0 Å². The van der Waals surface area contributed by atoms with E-state index in [-0.39, 0.29) is 0 Å². The van der Waals surface area contributed by atoms with E-state index in [1.54, 1.807) is 0 Å². The first kappa shape index (κ1) is 21.0. The highest BCUT2D eigenvalue weighted by Crippen LogP contribution is 2.35. The van der Waals surface area contributed by atoms with Gasteiger partial charge in [0, 0.05) is 55.1 Å². The topological polar surface area (TPSA) is 72.2 Å². The van der Waals surface area contributed by atoms with Crippen LogP contribution in [-0.4, -0.2) is 62.0 Å². The molecule has 2 aromatic heterocycles. The van der Waals surface area contributed by atoms with Gasteiger partial charge in [0.15, 0.2) is 5.82 Å². The molecule has 33 heavy (non-hydrogen) atoms. The Bertz CT molecular complexity index is 1150. The molecule has 9 heteroatoms. The van der Waals surface area contributed by atoms with E-state index >= 15 is 0 Å². The number of anilines is 1. The molecule has 0 N–H and O–H groups in total. The molecule has 3 aliphatic heterocycles. The molecule has 0 aliphatic carbocycles. The van der Waals surface area contributed by atoms with Gasteiger partial charge in [-0.15, -0.1) is 10.2 Å². The van der Waals surface area contributed by atoms with Gasteiger partial charge < -0.3 is 9.64 Å². The van der Waals surface area contributed by atoms with Crippen LogP contribution in [0.1, 0.15) is 48.1 Å². The van der Waals surface area contributed by atoms with Gasteiger partial charge >= 0.3 is 0 Å². The zero-order valence-corrected chi connectivity index (χ0v) is 19.6. The zero-order chi connectivity index (χ0) is 22.4. The highest BCUT2D eigenvalue weighted by atomic mass is 35.5. The molecule has 6 rings (SSSR count). The fraction of sp³-hybridized carbons (Fsp3) is 0.500. The van der Waals surface area contributed by atoms with Crippen molar-refractivity contribution in [3.8, 4) is 5.69 Å². The summed E-state index contributed by atoms with van der Waals surface area (Å²) in [5, 5.41) is 10.2. The minimum absolute atomic E-state index is 0.345. The van der Waals surface area contributed by atoms with Gasteiger partial charge in [-0.2, -0.15) is 0 Å². The number of ether oxygens (including phenoxy) is 1. The summed E-state index contributed by atoms with van der Waals surface area (Å²) in [6.07, 6.45) is 4.89. The van der Waals surface area contributed by atoms with E-state index in [1.165, 1.54) is 5.56 Å². The number of fused-ring (bicyclic) bond motifs is 3. The van der Waals surface area contributed by atoms with E-state index in [4.69, 9.17) is 21.4 Å². The Hall–Kier alpha value is -2.55. The summed E-state index contributed by atoms with van der Waals surface area (Å²) in [4.78, 5) is 13.8. The normalized spacial score (nSPS) is 21.6. The zero-order valence-electron chi connectivity index (χ0n) is 18.8. The molecular weight excluding hydrogens is 438 g/mol. The molecule has 172 valence electrons. The molecule has 0 spiro atoms. The lowest BCUT2D eigenvalue weighted by atomic mass is 9.95. The standard InChI is InChI=1S/C24H28ClN7O/c1-16-4-8-26-24(27-16)30-9-5-17(6-10-30)23-29-28-22-14-31(20-7-11-33-15-20)13-18-12-19(25)2-3-21(18)32(22)23/h2-4,8,12,17,20H,5-7,9-11,13-15H2,1H3/t20-/m1/s1. The van der Waals surface area contributed by atoms with Crippen molar-refractivity contribution in [3.05, 3.63) is 58.4 Å². The summed E-state index contributed by atoms with van der Waals surface area (Å²) < 4.78 is 7.98. The molecule has 3 aliphatic rings. The number of piperidine rings is 1. The van der Waals surface area contributed by atoms with Crippen molar-refractivity contribution in [1.29, 1.82) is 0 Å². The van der Waals surface area contributed by atoms with Crippen molar-refractivity contribution >= 4 is 17.5 Å². The van der Waals surface area contributed by atoms with E-state index in [0.717, 1.165) is 92.7 Å². The molecule has 0 saturated carbocycles. The number of hydrogen-bond donors (Lipinski definition) is 0. The number of halogens is 1. The second-order valence-corrected chi connectivity index (χ2v) is 9.70. The monoisotopic (exact) mass is 465 g/mol. The fourth-order valence-corrected chi connectivity index (χ4v) is 5.50. The molecule has 0 unspecified atom stereocenters. The summed E-state index contributed by atoms with van der Waals surface area (Å²) in [6, 6.07) is 8.53. The third-order valence-corrected chi connectivity index (χ3v) is 7.34. The van der Waals surface area contributed by atoms with Crippen LogP contribution in [0, 0.1) is 6.92 Å². The number of benzene rings is 1. The second-order valence-electron chi connectivity index (χ2n) is 9.26. The molecule has 0 amide bonds. The first-order valence-corrected chi connectivity index (χ1v) is 12.1. The number of aromatic nitrogens is 5. The van der Waals surface area contributed by atoms with Gasteiger partial charge in [-0.1, -0.05) is 11.6 Å². The predicted molar refractivity (Wildman–Crippen MR) is 126 cm³/mol. The van der Waals surface area contributed by atoms with Gasteiger partial charge in [0.1, 0.15) is 5.82 Å². The van der Waals surface area contributed by atoms with Crippen molar-refractivity contribution in [1.82, 2.24) is 29.6 Å². The average Bonchev–Trinajstić information content (AvgIpc) is 3.47. The Morgan fingerprint density at radius 2 is 1.94 bits per heavy atom. The van der Waals surface area contributed by atoms with Crippen LogP contribution in [0.25, 0.3) is 5.69 Å². The lowest BCUT2D eigenvalue weighted by Crippen LogP contribution is -2.35. The Labute approximate surface area is 198 Å². The first-order valence-electron chi connectivity index (χ1n) is 11.7. The van der Waals surface area contributed by atoms with Gasteiger partial charge in [0.2, 0.25) is 5.95 Å². The van der Waals surface area contributed by atoms with Crippen LogP contribution in [-0.2, 0) is 17.8 Å². The average molecular weight is 466 g/mol. The number of rotatable bonds is 3. The Kier molecular flexibility index (Phi) is 5.52. The van der Waals surface area contributed by atoms with Crippen LogP contribution in [0.2, 0.25) is 5.02 Å². The third kappa shape index (κ3) is 4.00. The van der Waals surface area contributed by atoms with Crippen molar-refractivity contribution in [3.63, 3.8) is 0 Å². The maximum Gasteiger partial charge on any atom is 0.225 e. The summed E-state index contributed by atoms with van der Waals surface area (Å²) in [5.74, 6) is 3.23. The molecule has 2 saturated heterocycles. The highest BCUT2D eigenvalue weighted by molar-refractivity contribution is 6.30. The fourth-order valence-electron chi connectivity index (χ4n) is 5.31. The Balaban J connectivity index is 1.30. The molecular formula is C24H28ClN7O. The van der Waals surface area contributed by atoms with E-state index in [2.05, 4.69) is 41.6 Å². The van der Waals surface area contributed by atoms with E-state index in [1.807, 2.05) is 25.3 Å². The minimum Gasteiger partial charge on any atom is -0.380 e. The van der Waals surface area contributed by atoms with E-state index in [0.29, 0.717) is 12.0 Å². The van der Waals surface area contributed by atoms with Crippen molar-refractivity contribution in [2.45, 2.75) is 51.2 Å². The van der Waals surface area contributed by atoms with Gasteiger partial charge in [0.05, 0.1) is 18.8 Å². The summed E-state index contributed by atoms with van der Waals surface area (Å²) >= 11 is 6.41. The van der Waals surface area contributed by atoms with E-state index < -0.39 is 0 Å². The van der Waals surface area contributed by atoms with Crippen LogP contribution >= 0.6 is 11.6 Å². The van der Waals surface area contributed by atoms with Crippen molar-refractivity contribution < 1.29 is 4.74 Å². The Morgan fingerprint density at radius 3 is 2.73 bits per heavy atom. The second kappa shape index (κ2) is 8.66. The van der Waals surface area contributed by atoms with Crippen molar-refractivity contribution in [2.75, 3.05) is 31.2 Å². The number of nitrogens with zero attached hydrogens (tertiary/aromatic N) is 7. The lowest BCUT2D eigenvalue weighted by molar-refractivity contribution is 0.133. The Morgan fingerprint density at radius 1 is 1.06 bits per heavy atom. The van der Waals surface area contributed by atoms with Gasteiger partial charge in [-0.3, -0.25) is 9.47 Å². The van der Waals surface area contributed by atoms with Crippen LogP contribution in [0.15, 0.2) is 30.5 Å². The maximum atomic E-state index is 6.41. The molecule has 1 aromatic carbocycles. The lowest BCUT2D eigenvalue weighted by Gasteiger charge is -2.31. The smallest absolute Gasteiger partial charge is 0.225 e. The molecule has 8 nitrogen and oxygen atoms in total. The van der Waals surface area contributed by atoms with E-state index in [9.17, 15) is 0 Å². The van der Waals surface area contributed by atoms with Crippen LogP contribution in [0.3, 0.4) is 0 Å². The molecule has 0 radical (unpaired) electrons. The molecule has 5 heterocycles. The molecule has 2 fully saturated rings. The van der Waals surface area contributed by atoms with Crippen LogP contribution in [0.4, 0.5) is 5.95 Å². The molecule has 0 bridgehead atoms. The van der Waals surface area contributed by atoms with Crippen LogP contribution in [0.5, 0.6) is 0 Å². The first-order chi connectivity index (χ1) is 16.2. The number of aryl methyl sites for hydroxylation is 1. The van der Waals surface area contributed by atoms with Gasteiger partial charge in [-0.05, 0) is 56.0 Å². The van der Waals surface area contributed by atoms with Gasteiger partial charge in [0.25, 0.3) is 0 Å². The minimum atomic E-state index is 0.345. The van der Waals surface area contributed by atoms with Crippen LogP contribution < -0.4 is 4.90 Å². The third-order valence-electron chi connectivity index (χ3n) is 7.10. The largest absolute Gasteiger partial charge is 0.380 e. The molecule has 1 atom stereocenters. The summed E-state index contributed by atoms with van der Waals surface area (Å²) in [7, 11) is 0. The predicted octanol–water partition coefficient (Wildman–Crippen LogP) is 3.51. The summed E-state index contributed by atoms with van der Waals surface area (Å²) in [5.41, 5.74) is 3.37. The number of hydrogen-bond acceptors (Lipinski definition) is 7. The van der Waals surface area contributed by atoms with Gasteiger partial charge in [-0.25, -0.2) is 9.97 Å². The maximum absolute atomic E-state index is 6.41.